The molecule has 1 rings (SSSR count). The van der Waals surface area contributed by atoms with Gasteiger partial charge in [-0.1, -0.05) is 38.5 Å². The van der Waals surface area contributed by atoms with Gasteiger partial charge in [0, 0.05) is 0 Å². The van der Waals surface area contributed by atoms with E-state index in [4.69, 9.17) is 5.73 Å². The lowest BCUT2D eigenvalue weighted by molar-refractivity contribution is 0.0876. The zero-order valence-corrected chi connectivity index (χ0v) is 11.9. The first-order chi connectivity index (χ1) is 7.49. The number of nitrogens with two attached hydrogens (primary N) is 1. The molecule has 0 aliphatic heterocycles. The molecule has 17 heavy (non-hydrogen) atoms. The van der Waals surface area contributed by atoms with Gasteiger partial charge in [0.2, 0.25) is 0 Å². The molecule has 0 aliphatic carbocycles. The number of benzene rings is 1. The summed E-state index contributed by atoms with van der Waals surface area (Å²) in [5.74, 6) is 0.231. The van der Waals surface area contributed by atoms with E-state index in [1.165, 1.54) is 0 Å². The highest BCUT2D eigenvalue weighted by molar-refractivity contribution is 5.85. The molecule has 3 heteroatoms. The fourth-order valence-electron chi connectivity index (χ4n) is 2.12. The molecule has 3 N–H and O–H groups in total. The van der Waals surface area contributed by atoms with Crippen LogP contribution in [0.1, 0.15) is 43.0 Å². The van der Waals surface area contributed by atoms with Crippen LogP contribution in [0.25, 0.3) is 0 Å². The Labute approximate surface area is 111 Å². The lowest BCUT2D eigenvalue weighted by atomic mass is 9.87. The molecule has 0 saturated carbocycles. The van der Waals surface area contributed by atoms with E-state index in [9.17, 15) is 5.11 Å². The van der Waals surface area contributed by atoms with E-state index in [1.54, 1.807) is 0 Å². The predicted molar refractivity (Wildman–Crippen MR) is 75.6 cm³/mol. The molecule has 0 spiro atoms. The van der Waals surface area contributed by atoms with Crippen molar-refractivity contribution in [1.29, 1.82) is 0 Å². The topological polar surface area (TPSA) is 46.2 Å². The fourth-order valence-corrected chi connectivity index (χ4v) is 2.12. The minimum atomic E-state index is -0.468. The molecular formula is C14H24ClNO. The fraction of sp³-hybridized carbons (Fsp3) is 0.571. The Morgan fingerprint density at radius 1 is 1.24 bits per heavy atom. The molecule has 0 bridgehead atoms. The number of aliphatic hydroxyl groups excluding tert-OH is 1. The average Bonchev–Trinajstić information content (AvgIpc) is 2.26. The van der Waals surface area contributed by atoms with E-state index in [0.29, 0.717) is 0 Å². The molecule has 0 saturated heterocycles. The van der Waals surface area contributed by atoms with Gasteiger partial charge in [0.05, 0.1) is 12.1 Å². The third kappa shape index (κ3) is 3.70. The van der Waals surface area contributed by atoms with Crippen LogP contribution in [0.3, 0.4) is 0 Å². The van der Waals surface area contributed by atoms with Gasteiger partial charge in [0.15, 0.2) is 0 Å². The highest BCUT2D eigenvalue weighted by Crippen LogP contribution is 2.26. The molecule has 0 aliphatic rings. The van der Waals surface area contributed by atoms with Gasteiger partial charge >= 0.3 is 0 Å². The molecule has 0 aromatic heterocycles. The van der Waals surface area contributed by atoms with Crippen molar-refractivity contribution in [2.75, 3.05) is 0 Å². The summed E-state index contributed by atoms with van der Waals surface area (Å²) in [7, 11) is 0. The average molecular weight is 258 g/mol. The predicted octanol–water partition coefficient (Wildman–Crippen LogP) is 3.13. The minimum absolute atomic E-state index is 0. The van der Waals surface area contributed by atoms with Crippen LogP contribution in [0.4, 0.5) is 0 Å². The molecule has 1 aromatic carbocycles. The smallest absolute Gasteiger partial charge is 0.0758 e. The summed E-state index contributed by atoms with van der Waals surface area (Å²) in [5.41, 5.74) is 9.58. The van der Waals surface area contributed by atoms with E-state index in [-0.39, 0.29) is 24.4 Å². The van der Waals surface area contributed by atoms with Crippen molar-refractivity contribution < 1.29 is 5.11 Å². The van der Waals surface area contributed by atoms with E-state index in [1.807, 2.05) is 39.0 Å². The lowest BCUT2D eigenvalue weighted by Crippen LogP contribution is -2.32. The number of hydrogen-bond donors (Lipinski definition) is 2. The van der Waals surface area contributed by atoms with Gasteiger partial charge in [-0.05, 0) is 36.5 Å². The SMILES string of the molecule is CCC(C)[C@@H](O)[C@@H](N)c1c(C)cccc1C.Cl. The number of rotatable bonds is 4. The van der Waals surface area contributed by atoms with Gasteiger partial charge in [-0.2, -0.15) is 0 Å². The van der Waals surface area contributed by atoms with E-state index >= 15 is 0 Å². The largest absolute Gasteiger partial charge is 0.391 e. The number of hydrogen-bond acceptors (Lipinski definition) is 2. The summed E-state index contributed by atoms with van der Waals surface area (Å²) in [5, 5.41) is 10.2. The molecule has 1 unspecified atom stereocenters. The Hall–Kier alpha value is -0.570. The van der Waals surface area contributed by atoms with Crippen LogP contribution in [0.5, 0.6) is 0 Å². The second-order valence-corrected chi connectivity index (χ2v) is 4.71. The van der Waals surface area contributed by atoms with Crippen molar-refractivity contribution in [3.8, 4) is 0 Å². The Balaban J connectivity index is 0.00000256. The van der Waals surface area contributed by atoms with Crippen molar-refractivity contribution in [2.24, 2.45) is 11.7 Å². The lowest BCUT2D eigenvalue weighted by Gasteiger charge is -2.26. The monoisotopic (exact) mass is 257 g/mol. The van der Waals surface area contributed by atoms with Gasteiger partial charge in [-0.3, -0.25) is 0 Å². The van der Waals surface area contributed by atoms with Crippen molar-refractivity contribution in [2.45, 2.75) is 46.3 Å². The first-order valence-corrected chi connectivity index (χ1v) is 5.98. The Bertz CT molecular complexity index is 334. The first kappa shape index (κ1) is 16.4. The van der Waals surface area contributed by atoms with Crippen molar-refractivity contribution in [3.63, 3.8) is 0 Å². The van der Waals surface area contributed by atoms with Crippen molar-refractivity contribution >= 4 is 12.4 Å². The summed E-state index contributed by atoms with van der Waals surface area (Å²) in [6.07, 6.45) is 0.476. The van der Waals surface area contributed by atoms with Gasteiger partial charge < -0.3 is 10.8 Å². The zero-order valence-electron chi connectivity index (χ0n) is 11.1. The highest BCUT2D eigenvalue weighted by atomic mass is 35.5. The van der Waals surface area contributed by atoms with Gasteiger partial charge in [0.1, 0.15) is 0 Å². The first-order valence-electron chi connectivity index (χ1n) is 5.98. The molecule has 0 heterocycles. The third-order valence-electron chi connectivity index (χ3n) is 3.47. The highest BCUT2D eigenvalue weighted by Gasteiger charge is 2.24. The quantitative estimate of drug-likeness (QED) is 0.871. The zero-order chi connectivity index (χ0) is 12.3. The van der Waals surface area contributed by atoms with Gasteiger partial charge in [-0.15, -0.1) is 12.4 Å². The molecule has 2 nitrogen and oxygen atoms in total. The second kappa shape index (κ2) is 7.00. The summed E-state index contributed by atoms with van der Waals surface area (Å²) >= 11 is 0. The minimum Gasteiger partial charge on any atom is -0.391 e. The van der Waals surface area contributed by atoms with E-state index < -0.39 is 6.10 Å². The van der Waals surface area contributed by atoms with Crippen LogP contribution < -0.4 is 5.73 Å². The van der Waals surface area contributed by atoms with Crippen LogP contribution >= 0.6 is 12.4 Å². The van der Waals surface area contributed by atoms with Gasteiger partial charge in [0.25, 0.3) is 0 Å². The van der Waals surface area contributed by atoms with E-state index in [0.717, 1.165) is 23.1 Å². The van der Waals surface area contributed by atoms with Gasteiger partial charge in [-0.25, -0.2) is 0 Å². The molecule has 0 amide bonds. The van der Waals surface area contributed by atoms with Crippen LogP contribution in [0, 0.1) is 19.8 Å². The Morgan fingerprint density at radius 2 is 1.71 bits per heavy atom. The van der Waals surface area contributed by atoms with Crippen molar-refractivity contribution in [1.82, 2.24) is 0 Å². The number of aryl methyl sites for hydroxylation is 2. The molecule has 0 radical (unpaired) electrons. The van der Waals surface area contributed by atoms with Crippen LogP contribution in [-0.2, 0) is 0 Å². The molecule has 0 fully saturated rings. The maximum absolute atomic E-state index is 10.2. The maximum atomic E-state index is 10.2. The summed E-state index contributed by atoms with van der Waals surface area (Å²) in [6, 6.07) is 5.84. The maximum Gasteiger partial charge on any atom is 0.0758 e. The summed E-state index contributed by atoms with van der Waals surface area (Å²) < 4.78 is 0. The standard InChI is InChI=1S/C14H23NO.ClH/c1-5-9(2)14(16)13(15)12-10(3)7-6-8-11(12)4;/h6-9,13-14,16H,5,15H2,1-4H3;1H/t9?,13-,14+;/m0./s1. The Kier molecular flexibility index (Phi) is 6.76. The number of halogens is 1. The molecular weight excluding hydrogens is 234 g/mol. The van der Waals surface area contributed by atoms with Crippen LogP contribution in [0.2, 0.25) is 0 Å². The molecule has 98 valence electrons. The second-order valence-electron chi connectivity index (χ2n) is 4.71. The third-order valence-corrected chi connectivity index (χ3v) is 3.47. The van der Waals surface area contributed by atoms with Crippen LogP contribution in [0.15, 0.2) is 18.2 Å². The Morgan fingerprint density at radius 3 is 2.12 bits per heavy atom. The summed E-state index contributed by atoms with van der Waals surface area (Å²) in [6.45, 7) is 8.21. The molecule has 1 aromatic rings. The van der Waals surface area contributed by atoms with Crippen molar-refractivity contribution in [3.05, 3.63) is 34.9 Å². The number of aliphatic hydroxyl groups is 1. The molecule has 3 atom stereocenters. The van der Waals surface area contributed by atoms with E-state index in [2.05, 4.69) is 6.92 Å². The summed E-state index contributed by atoms with van der Waals surface area (Å²) in [4.78, 5) is 0. The van der Waals surface area contributed by atoms with Crippen LogP contribution in [-0.4, -0.2) is 11.2 Å². The normalized spacial score (nSPS) is 15.9.